The number of rotatable bonds is 11. The van der Waals surface area contributed by atoms with Crippen LogP contribution in [0.1, 0.15) is 52.8 Å². The first-order valence-electron chi connectivity index (χ1n) is 13.8. The summed E-state index contributed by atoms with van der Waals surface area (Å²) in [5.41, 5.74) is 1.55. The molecular formula is C32H36F3N3S. The number of halogens is 3. The van der Waals surface area contributed by atoms with E-state index < -0.39 is 11.7 Å². The van der Waals surface area contributed by atoms with E-state index in [0.29, 0.717) is 12.5 Å². The summed E-state index contributed by atoms with van der Waals surface area (Å²) in [5, 5.41) is 11.8. The van der Waals surface area contributed by atoms with Crippen molar-refractivity contribution < 1.29 is 13.2 Å². The highest BCUT2D eigenvalue weighted by Crippen LogP contribution is 2.35. The number of benzene rings is 3. The van der Waals surface area contributed by atoms with Crippen LogP contribution in [-0.4, -0.2) is 44.2 Å². The molecule has 2 atom stereocenters. The summed E-state index contributed by atoms with van der Waals surface area (Å²) in [4.78, 5) is 3.73. The molecule has 5 rings (SSSR count). The maximum Gasteiger partial charge on any atom is 0.416 e. The highest BCUT2D eigenvalue weighted by atomic mass is 32.1. The molecule has 39 heavy (non-hydrogen) atoms. The van der Waals surface area contributed by atoms with Crippen molar-refractivity contribution in [3.63, 3.8) is 0 Å². The zero-order chi connectivity index (χ0) is 27.1. The Morgan fingerprint density at radius 2 is 1.79 bits per heavy atom. The third kappa shape index (κ3) is 7.09. The Balaban J connectivity index is 1.12. The summed E-state index contributed by atoms with van der Waals surface area (Å²) in [5.74, 6) is 0.359. The fourth-order valence-corrected chi connectivity index (χ4v) is 6.58. The molecular weight excluding hydrogens is 515 g/mol. The Labute approximate surface area is 233 Å². The van der Waals surface area contributed by atoms with Crippen LogP contribution >= 0.6 is 11.3 Å². The SMILES string of the molecule is FC(F)(F)c1cccc(C2CNCCN2CCCCNCCC(c2cccs2)c2cccc3ccccc23)c1. The lowest BCUT2D eigenvalue weighted by molar-refractivity contribution is -0.137. The van der Waals surface area contributed by atoms with Crippen molar-refractivity contribution >= 4 is 22.1 Å². The number of thiophene rings is 1. The lowest BCUT2D eigenvalue weighted by Gasteiger charge is -2.36. The highest BCUT2D eigenvalue weighted by molar-refractivity contribution is 7.10. The van der Waals surface area contributed by atoms with E-state index in [4.69, 9.17) is 0 Å². The molecule has 3 nitrogen and oxygen atoms in total. The van der Waals surface area contributed by atoms with Gasteiger partial charge in [0.25, 0.3) is 0 Å². The van der Waals surface area contributed by atoms with E-state index in [9.17, 15) is 13.2 Å². The molecule has 1 fully saturated rings. The molecule has 3 aromatic carbocycles. The van der Waals surface area contributed by atoms with E-state index >= 15 is 0 Å². The van der Waals surface area contributed by atoms with E-state index in [1.54, 1.807) is 0 Å². The van der Waals surface area contributed by atoms with Gasteiger partial charge < -0.3 is 10.6 Å². The van der Waals surface area contributed by atoms with Gasteiger partial charge in [-0.3, -0.25) is 4.90 Å². The second-order valence-corrected chi connectivity index (χ2v) is 11.2. The Morgan fingerprint density at radius 1 is 0.949 bits per heavy atom. The van der Waals surface area contributed by atoms with Crippen molar-refractivity contribution in [1.82, 2.24) is 15.5 Å². The lowest BCUT2D eigenvalue weighted by atomic mass is 9.90. The van der Waals surface area contributed by atoms with Gasteiger partial charge in [-0.25, -0.2) is 0 Å². The normalized spacial score (nSPS) is 17.5. The van der Waals surface area contributed by atoms with Crippen molar-refractivity contribution in [2.75, 3.05) is 39.3 Å². The van der Waals surface area contributed by atoms with Crippen LogP contribution in [0.5, 0.6) is 0 Å². The number of unbranched alkanes of at least 4 members (excludes halogenated alkanes) is 1. The molecule has 4 aromatic rings. The topological polar surface area (TPSA) is 27.3 Å². The molecule has 206 valence electrons. The van der Waals surface area contributed by atoms with Gasteiger partial charge in [0.1, 0.15) is 0 Å². The summed E-state index contributed by atoms with van der Waals surface area (Å²) >= 11 is 1.82. The fourth-order valence-electron chi connectivity index (χ4n) is 5.70. The third-order valence-corrected chi connectivity index (χ3v) is 8.68. The van der Waals surface area contributed by atoms with Crippen LogP contribution in [0.15, 0.2) is 84.2 Å². The van der Waals surface area contributed by atoms with Gasteiger partial charge >= 0.3 is 6.18 Å². The molecule has 2 N–H and O–H groups in total. The minimum atomic E-state index is -4.31. The Kier molecular flexibility index (Phi) is 9.35. The van der Waals surface area contributed by atoms with E-state index in [1.807, 2.05) is 17.4 Å². The van der Waals surface area contributed by atoms with Crippen LogP contribution in [0.25, 0.3) is 10.8 Å². The quantitative estimate of drug-likeness (QED) is 0.190. The van der Waals surface area contributed by atoms with Crippen LogP contribution in [-0.2, 0) is 6.18 Å². The van der Waals surface area contributed by atoms with Crippen LogP contribution in [0.3, 0.4) is 0 Å². The van der Waals surface area contributed by atoms with E-state index in [1.165, 1.54) is 33.3 Å². The molecule has 1 aliphatic rings. The molecule has 1 saturated heterocycles. The van der Waals surface area contributed by atoms with Gasteiger partial charge in [0.15, 0.2) is 0 Å². The standard InChI is InChI=1S/C32H36F3N3S/c33-32(34,35)26-11-5-10-25(22-26)30-23-37-18-20-38(30)19-4-3-16-36-17-15-29(31-14-7-21-39-31)28-13-6-9-24-8-1-2-12-27(24)28/h1-2,5-14,21-22,29-30,36-37H,3-4,15-20,23H2. The average molecular weight is 552 g/mol. The van der Waals surface area contributed by atoms with Crippen LogP contribution in [0.2, 0.25) is 0 Å². The maximum atomic E-state index is 13.2. The number of fused-ring (bicyclic) bond motifs is 1. The summed E-state index contributed by atoms with van der Waals surface area (Å²) in [7, 11) is 0. The van der Waals surface area contributed by atoms with Gasteiger partial charge in [0.05, 0.1) is 5.56 Å². The Bertz CT molecular complexity index is 1320. The van der Waals surface area contributed by atoms with E-state index in [0.717, 1.165) is 63.6 Å². The monoisotopic (exact) mass is 551 g/mol. The summed E-state index contributed by atoms with van der Waals surface area (Å²) < 4.78 is 39.7. The van der Waals surface area contributed by atoms with E-state index in [2.05, 4.69) is 75.5 Å². The van der Waals surface area contributed by atoms with Gasteiger partial charge in [0.2, 0.25) is 0 Å². The number of alkyl halides is 3. The fraction of sp³-hybridized carbons (Fsp3) is 0.375. The second-order valence-electron chi connectivity index (χ2n) is 10.3. The molecule has 0 saturated carbocycles. The van der Waals surface area contributed by atoms with Crippen LogP contribution in [0.4, 0.5) is 13.2 Å². The molecule has 0 bridgehead atoms. The molecule has 1 aliphatic heterocycles. The van der Waals surface area contributed by atoms with Crippen molar-refractivity contribution in [2.24, 2.45) is 0 Å². The average Bonchev–Trinajstić information content (AvgIpc) is 3.49. The third-order valence-electron chi connectivity index (χ3n) is 7.70. The second kappa shape index (κ2) is 13.1. The first-order valence-corrected chi connectivity index (χ1v) is 14.7. The lowest BCUT2D eigenvalue weighted by Crippen LogP contribution is -2.46. The maximum absolute atomic E-state index is 13.2. The van der Waals surface area contributed by atoms with Crippen molar-refractivity contribution in [1.29, 1.82) is 0 Å². The predicted octanol–water partition coefficient (Wildman–Crippen LogP) is 7.46. The first kappa shape index (κ1) is 27.8. The molecule has 0 radical (unpaired) electrons. The van der Waals surface area contributed by atoms with Gasteiger partial charge in [-0.2, -0.15) is 13.2 Å². The molecule has 0 spiro atoms. The molecule has 7 heteroatoms. The van der Waals surface area contributed by atoms with Crippen molar-refractivity contribution in [3.8, 4) is 0 Å². The van der Waals surface area contributed by atoms with Gasteiger partial charge in [-0.05, 0) is 84.4 Å². The molecule has 2 unspecified atom stereocenters. The Hall–Kier alpha value is -2.71. The highest BCUT2D eigenvalue weighted by Gasteiger charge is 2.32. The van der Waals surface area contributed by atoms with Crippen LogP contribution in [0, 0.1) is 0 Å². The summed E-state index contributed by atoms with van der Waals surface area (Å²) in [6.45, 7) is 5.16. The minimum absolute atomic E-state index is 0.0266. The summed E-state index contributed by atoms with van der Waals surface area (Å²) in [6, 6.07) is 25.4. The van der Waals surface area contributed by atoms with Crippen molar-refractivity contribution in [2.45, 2.75) is 37.4 Å². The molecule has 0 aliphatic carbocycles. The molecule has 2 heterocycles. The van der Waals surface area contributed by atoms with Gasteiger partial charge in [0, 0.05) is 36.5 Å². The molecule has 1 aromatic heterocycles. The first-order chi connectivity index (χ1) is 19.0. The van der Waals surface area contributed by atoms with E-state index in [-0.39, 0.29) is 6.04 Å². The van der Waals surface area contributed by atoms with Gasteiger partial charge in [-0.15, -0.1) is 11.3 Å². The number of hydrogen-bond donors (Lipinski definition) is 2. The number of nitrogens with zero attached hydrogens (tertiary/aromatic N) is 1. The number of hydrogen-bond acceptors (Lipinski definition) is 4. The number of nitrogens with one attached hydrogen (secondary N) is 2. The summed E-state index contributed by atoms with van der Waals surface area (Å²) in [6.07, 6.45) is -1.23. The zero-order valence-corrected chi connectivity index (χ0v) is 22.9. The van der Waals surface area contributed by atoms with Gasteiger partial charge in [-0.1, -0.05) is 60.7 Å². The number of piperazine rings is 1. The van der Waals surface area contributed by atoms with Crippen LogP contribution < -0.4 is 10.6 Å². The van der Waals surface area contributed by atoms with Crippen molar-refractivity contribution in [3.05, 3.63) is 106 Å². The molecule has 0 amide bonds. The predicted molar refractivity (Wildman–Crippen MR) is 155 cm³/mol. The Morgan fingerprint density at radius 3 is 2.64 bits per heavy atom. The minimum Gasteiger partial charge on any atom is -0.317 e. The zero-order valence-electron chi connectivity index (χ0n) is 22.1. The smallest absolute Gasteiger partial charge is 0.317 e. The largest absolute Gasteiger partial charge is 0.416 e.